The molecule has 0 bridgehead atoms. The molecule has 1 saturated heterocycles. The number of nitrogens with zero attached hydrogens (tertiary/aromatic N) is 1. The first-order valence-corrected chi connectivity index (χ1v) is 7.89. The zero-order valence-electron chi connectivity index (χ0n) is 12.1. The smallest absolute Gasteiger partial charge is 0.253 e. The van der Waals surface area contributed by atoms with Crippen LogP contribution in [-0.4, -0.2) is 23.6 Å². The number of pyridine rings is 1. The van der Waals surface area contributed by atoms with Gasteiger partial charge in [0.15, 0.2) is 5.75 Å². The summed E-state index contributed by atoms with van der Waals surface area (Å²) in [5, 5.41) is 3.53. The molecule has 2 aromatic rings. The highest BCUT2D eigenvalue weighted by Gasteiger charge is 2.24. The van der Waals surface area contributed by atoms with Crippen molar-refractivity contribution in [2.24, 2.45) is 0 Å². The summed E-state index contributed by atoms with van der Waals surface area (Å²) in [7, 11) is 0. The second-order valence-corrected chi connectivity index (χ2v) is 5.87. The van der Waals surface area contributed by atoms with Gasteiger partial charge in [0.1, 0.15) is 11.1 Å². The second-order valence-electron chi connectivity index (χ2n) is 5.03. The molecule has 1 N–H and O–H groups in total. The van der Waals surface area contributed by atoms with Crippen molar-refractivity contribution in [2.75, 3.05) is 11.9 Å². The summed E-state index contributed by atoms with van der Waals surface area (Å²) in [6, 6.07) is 8.60. The molecule has 0 saturated carbocycles. The van der Waals surface area contributed by atoms with Gasteiger partial charge in [0.05, 0.1) is 10.7 Å². The molecule has 1 atom stereocenters. The first-order chi connectivity index (χ1) is 11.1. The van der Waals surface area contributed by atoms with Gasteiger partial charge in [-0.25, -0.2) is 4.98 Å². The summed E-state index contributed by atoms with van der Waals surface area (Å²) in [5.41, 5.74) is 0.529. The Kier molecular flexibility index (Phi) is 5.00. The topological polar surface area (TPSA) is 60.5 Å². The first-order valence-electron chi connectivity index (χ1n) is 7.14. The number of nitrogens with one attached hydrogen (secondary N) is 1. The Bertz CT molecular complexity index is 718. The highest BCUT2D eigenvalue weighted by molar-refractivity contribution is 6.35. The lowest BCUT2D eigenvalue weighted by atomic mass is 10.2. The molecule has 1 aliphatic rings. The molecule has 3 rings (SSSR count). The molecule has 5 nitrogen and oxygen atoms in total. The Morgan fingerprint density at radius 3 is 2.91 bits per heavy atom. The van der Waals surface area contributed by atoms with Crippen LogP contribution >= 0.6 is 23.2 Å². The van der Waals surface area contributed by atoms with Crippen LogP contribution in [0, 0.1) is 0 Å². The van der Waals surface area contributed by atoms with Crippen molar-refractivity contribution in [2.45, 2.75) is 18.9 Å². The zero-order chi connectivity index (χ0) is 16.2. The van der Waals surface area contributed by atoms with E-state index in [0.717, 1.165) is 12.8 Å². The maximum atomic E-state index is 12.2. The largest absolute Gasteiger partial charge is 0.435 e. The Morgan fingerprint density at radius 1 is 1.35 bits per heavy atom. The Balaban J connectivity index is 1.78. The number of amides is 1. The molecule has 1 amide bonds. The summed E-state index contributed by atoms with van der Waals surface area (Å²) in [6.07, 6.45) is 2.64. The van der Waals surface area contributed by atoms with Crippen molar-refractivity contribution >= 4 is 34.8 Å². The lowest BCUT2D eigenvalue weighted by Gasteiger charge is -2.14. The minimum Gasteiger partial charge on any atom is -0.435 e. The van der Waals surface area contributed by atoms with E-state index in [9.17, 15) is 4.79 Å². The molecule has 1 unspecified atom stereocenters. The fourth-order valence-corrected chi connectivity index (χ4v) is 2.66. The van der Waals surface area contributed by atoms with Gasteiger partial charge in [-0.05, 0) is 31.0 Å². The number of carbonyl (C=O) groups is 1. The van der Waals surface area contributed by atoms with Crippen LogP contribution < -0.4 is 10.1 Å². The Labute approximate surface area is 143 Å². The van der Waals surface area contributed by atoms with Crippen LogP contribution in [0.25, 0.3) is 0 Å². The van der Waals surface area contributed by atoms with Crippen LogP contribution in [0.2, 0.25) is 10.0 Å². The van der Waals surface area contributed by atoms with Crippen molar-refractivity contribution < 1.29 is 14.3 Å². The van der Waals surface area contributed by atoms with Gasteiger partial charge in [0, 0.05) is 12.8 Å². The second kappa shape index (κ2) is 7.17. The third-order valence-corrected chi connectivity index (χ3v) is 3.83. The standard InChI is InChI=1S/C16H14Cl2N2O3/c17-10-8-11(18)16(19-9-10)23-13-5-2-1-4-12(13)20-15(21)14-6-3-7-22-14/h1-2,4-5,8-9,14H,3,6-7H2,(H,20,21). The van der Waals surface area contributed by atoms with Gasteiger partial charge in [-0.2, -0.15) is 0 Å². The van der Waals surface area contributed by atoms with E-state index >= 15 is 0 Å². The van der Waals surface area contributed by atoms with E-state index in [1.807, 2.05) is 0 Å². The highest BCUT2D eigenvalue weighted by atomic mass is 35.5. The summed E-state index contributed by atoms with van der Waals surface area (Å²) >= 11 is 11.9. The number of rotatable bonds is 4. The number of hydrogen-bond acceptors (Lipinski definition) is 4. The monoisotopic (exact) mass is 352 g/mol. The van der Waals surface area contributed by atoms with Crippen LogP contribution in [0.3, 0.4) is 0 Å². The number of para-hydroxylation sites is 2. The molecule has 0 radical (unpaired) electrons. The minimum atomic E-state index is -0.416. The van der Waals surface area contributed by atoms with E-state index in [0.29, 0.717) is 23.1 Å². The summed E-state index contributed by atoms with van der Waals surface area (Å²) < 4.78 is 11.1. The van der Waals surface area contributed by atoms with Crippen LogP contribution in [0.15, 0.2) is 36.5 Å². The van der Waals surface area contributed by atoms with E-state index in [2.05, 4.69) is 10.3 Å². The molecule has 1 aliphatic heterocycles. The SMILES string of the molecule is O=C(Nc1ccccc1Oc1ncc(Cl)cc1Cl)C1CCCO1. The maximum Gasteiger partial charge on any atom is 0.253 e. The Morgan fingerprint density at radius 2 is 2.17 bits per heavy atom. The molecule has 1 fully saturated rings. The third kappa shape index (κ3) is 3.93. The number of hydrogen-bond donors (Lipinski definition) is 1. The van der Waals surface area contributed by atoms with Crippen molar-refractivity contribution in [3.05, 3.63) is 46.6 Å². The predicted octanol–water partition coefficient (Wildman–Crippen LogP) is 4.30. The minimum absolute atomic E-state index is 0.186. The normalized spacial score (nSPS) is 17.0. The number of halogens is 2. The van der Waals surface area contributed by atoms with Crippen molar-refractivity contribution in [1.82, 2.24) is 4.98 Å². The van der Waals surface area contributed by atoms with Gasteiger partial charge in [0.2, 0.25) is 5.88 Å². The summed E-state index contributed by atoms with van der Waals surface area (Å²) in [5.74, 6) is 0.471. The third-order valence-electron chi connectivity index (χ3n) is 3.35. The molecule has 0 spiro atoms. The molecule has 120 valence electrons. The zero-order valence-corrected chi connectivity index (χ0v) is 13.6. The quantitative estimate of drug-likeness (QED) is 0.890. The van der Waals surface area contributed by atoms with Gasteiger partial charge in [-0.15, -0.1) is 0 Å². The lowest BCUT2D eigenvalue weighted by Crippen LogP contribution is -2.27. The number of ether oxygens (including phenoxy) is 2. The van der Waals surface area contributed by atoms with Gasteiger partial charge in [0.25, 0.3) is 5.91 Å². The van der Waals surface area contributed by atoms with Gasteiger partial charge in [-0.1, -0.05) is 35.3 Å². The molecule has 1 aromatic heterocycles. The molecule has 1 aromatic carbocycles. The van der Waals surface area contributed by atoms with Crippen LogP contribution in [-0.2, 0) is 9.53 Å². The van der Waals surface area contributed by atoms with Gasteiger partial charge >= 0.3 is 0 Å². The first kappa shape index (κ1) is 16.1. The molecule has 7 heteroatoms. The lowest BCUT2D eigenvalue weighted by molar-refractivity contribution is -0.124. The van der Waals surface area contributed by atoms with Gasteiger partial charge in [-0.3, -0.25) is 4.79 Å². The van der Waals surface area contributed by atoms with Crippen molar-refractivity contribution in [1.29, 1.82) is 0 Å². The van der Waals surface area contributed by atoms with E-state index in [-0.39, 0.29) is 16.8 Å². The number of aromatic nitrogens is 1. The van der Waals surface area contributed by atoms with Crippen LogP contribution in [0.1, 0.15) is 12.8 Å². The van der Waals surface area contributed by atoms with Crippen molar-refractivity contribution in [3.63, 3.8) is 0 Å². The van der Waals surface area contributed by atoms with Crippen molar-refractivity contribution in [3.8, 4) is 11.6 Å². The Hall–Kier alpha value is -1.82. The summed E-state index contributed by atoms with van der Waals surface area (Å²) in [6.45, 7) is 0.612. The highest BCUT2D eigenvalue weighted by Crippen LogP contribution is 2.33. The fourth-order valence-electron chi connectivity index (χ4n) is 2.24. The molecule has 23 heavy (non-hydrogen) atoms. The molecule has 2 heterocycles. The van der Waals surface area contributed by atoms with E-state index in [1.54, 1.807) is 30.3 Å². The maximum absolute atomic E-state index is 12.2. The molecular weight excluding hydrogens is 339 g/mol. The average Bonchev–Trinajstić information content (AvgIpc) is 3.06. The van der Waals surface area contributed by atoms with E-state index in [1.165, 1.54) is 6.20 Å². The van der Waals surface area contributed by atoms with E-state index in [4.69, 9.17) is 32.7 Å². The predicted molar refractivity (Wildman–Crippen MR) is 88.4 cm³/mol. The number of carbonyl (C=O) groups excluding carboxylic acids is 1. The molecule has 0 aliphatic carbocycles. The summed E-state index contributed by atoms with van der Waals surface area (Å²) in [4.78, 5) is 16.2. The van der Waals surface area contributed by atoms with Crippen LogP contribution in [0.5, 0.6) is 11.6 Å². The fraction of sp³-hybridized carbons (Fsp3) is 0.250. The average molecular weight is 353 g/mol. The van der Waals surface area contributed by atoms with E-state index < -0.39 is 6.10 Å². The van der Waals surface area contributed by atoms with Gasteiger partial charge < -0.3 is 14.8 Å². The van der Waals surface area contributed by atoms with Crippen LogP contribution in [0.4, 0.5) is 5.69 Å². The molecular formula is C16H14Cl2N2O3. The number of anilines is 1. The number of benzene rings is 1.